The van der Waals surface area contributed by atoms with Crippen molar-refractivity contribution in [1.29, 1.82) is 0 Å². The molecular weight excluding hydrogens is 478 g/mol. The molecule has 3 aromatic rings. The molecule has 13 heteroatoms. The summed E-state index contributed by atoms with van der Waals surface area (Å²) in [7, 11) is -4.77. The molecule has 0 atom stereocenters. The molecule has 0 fully saturated rings. The maximum Gasteiger partial charge on any atom is 0.402 e. The van der Waals surface area contributed by atoms with Gasteiger partial charge in [-0.1, -0.05) is 23.7 Å². The van der Waals surface area contributed by atoms with Gasteiger partial charge in [0.15, 0.2) is 5.82 Å². The first-order valence-electron chi connectivity index (χ1n) is 8.77. The van der Waals surface area contributed by atoms with Gasteiger partial charge in [-0.25, -0.2) is 17.5 Å². The van der Waals surface area contributed by atoms with Crippen LogP contribution in [0.3, 0.4) is 0 Å². The normalized spacial score (nSPS) is 12.2. The monoisotopic (exact) mass is 491 g/mol. The van der Waals surface area contributed by atoms with E-state index in [0.717, 1.165) is 12.3 Å². The van der Waals surface area contributed by atoms with Crippen molar-refractivity contribution >= 4 is 38.4 Å². The minimum Gasteiger partial charge on any atom is -0.506 e. The van der Waals surface area contributed by atoms with E-state index in [9.17, 15) is 35.9 Å². The average Bonchev–Trinajstić information content (AvgIpc) is 2.72. The summed E-state index contributed by atoms with van der Waals surface area (Å²) in [5.41, 5.74) is -0.165. The Morgan fingerprint density at radius 2 is 1.81 bits per heavy atom. The number of hydrogen-bond donors (Lipinski definition) is 3. The molecule has 3 rings (SSSR count). The number of amides is 1. The second kappa shape index (κ2) is 8.88. The summed E-state index contributed by atoms with van der Waals surface area (Å²) in [6, 6.07) is 7.72. The molecule has 7 nitrogen and oxygen atoms in total. The summed E-state index contributed by atoms with van der Waals surface area (Å²) in [6.07, 6.45) is -3.94. The van der Waals surface area contributed by atoms with Gasteiger partial charge < -0.3 is 10.4 Å². The topological polar surface area (TPSA) is 108 Å². The molecule has 0 aliphatic heterocycles. The number of aromatic nitrogens is 1. The van der Waals surface area contributed by atoms with Crippen LogP contribution in [-0.2, 0) is 16.6 Å². The van der Waals surface area contributed by atoms with Crippen LogP contribution in [-0.4, -0.2) is 37.1 Å². The van der Waals surface area contributed by atoms with Crippen molar-refractivity contribution < 1.29 is 35.9 Å². The number of rotatable bonds is 6. The predicted molar refractivity (Wildman–Crippen MR) is 107 cm³/mol. The lowest BCUT2D eigenvalue weighted by molar-refractivity contribution is -0.121. The fourth-order valence-corrected chi connectivity index (χ4v) is 3.86. The molecule has 1 heterocycles. The van der Waals surface area contributed by atoms with Crippen molar-refractivity contribution in [3.05, 3.63) is 64.6 Å². The number of hydrogen-bond acceptors (Lipinski definition) is 5. The summed E-state index contributed by atoms with van der Waals surface area (Å²) < 4.78 is 77.0. The van der Waals surface area contributed by atoms with E-state index in [2.05, 4.69) is 10.3 Å². The van der Waals surface area contributed by atoms with Crippen molar-refractivity contribution in [1.82, 2.24) is 15.0 Å². The zero-order valence-corrected chi connectivity index (χ0v) is 17.4. The minimum atomic E-state index is -4.83. The number of carbonyl (C=O) groups excluding carboxylic acids is 1. The minimum absolute atomic E-state index is 0.0532. The molecule has 32 heavy (non-hydrogen) atoms. The smallest absolute Gasteiger partial charge is 0.402 e. The molecule has 0 saturated heterocycles. The maximum atomic E-state index is 14.4. The lowest BCUT2D eigenvalue weighted by atomic mass is 10.1. The Kier molecular flexibility index (Phi) is 6.58. The van der Waals surface area contributed by atoms with E-state index in [4.69, 9.17) is 11.6 Å². The van der Waals surface area contributed by atoms with Crippen LogP contribution in [0.2, 0.25) is 5.02 Å². The maximum absolute atomic E-state index is 14.4. The third kappa shape index (κ3) is 5.44. The van der Waals surface area contributed by atoms with E-state index in [0.29, 0.717) is 16.7 Å². The number of halogens is 5. The summed E-state index contributed by atoms with van der Waals surface area (Å²) in [5, 5.41) is 13.0. The van der Waals surface area contributed by atoms with Gasteiger partial charge in [-0.3, -0.25) is 9.78 Å². The molecule has 1 amide bonds. The second-order valence-electron chi connectivity index (χ2n) is 6.57. The van der Waals surface area contributed by atoms with Gasteiger partial charge in [0.25, 0.3) is 5.91 Å². The fraction of sp³-hybridized carbons (Fsp3) is 0.158. The molecule has 0 aliphatic carbocycles. The van der Waals surface area contributed by atoms with E-state index in [-0.39, 0.29) is 12.1 Å². The number of aromatic hydroxyl groups is 1. The van der Waals surface area contributed by atoms with Gasteiger partial charge in [-0.2, -0.15) is 13.2 Å². The number of alkyl halides is 3. The first-order chi connectivity index (χ1) is 14.9. The number of sulfonamides is 1. The van der Waals surface area contributed by atoms with Crippen LogP contribution in [0.1, 0.15) is 15.9 Å². The number of pyridine rings is 1. The van der Waals surface area contributed by atoms with E-state index >= 15 is 0 Å². The van der Waals surface area contributed by atoms with Crippen LogP contribution in [0.5, 0.6) is 5.75 Å². The molecule has 0 aliphatic rings. The number of nitrogens with zero attached hydrogens (tertiary/aromatic N) is 1. The zero-order valence-electron chi connectivity index (χ0n) is 15.9. The Hall–Kier alpha value is -2.96. The van der Waals surface area contributed by atoms with Gasteiger partial charge in [-0.15, -0.1) is 0 Å². The summed E-state index contributed by atoms with van der Waals surface area (Å²) in [4.78, 5) is 15.3. The molecule has 0 unspecified atom stereocenters. The molecular formula is C19H14ClF4N3O4S. The Bertz CT molecular complexity index is 1280. The molecule has 3 N–H and O–H groups in total. The highest BCUT2D eigenvalue weighted by molar-refractivity contribution is 7.89. The van der Waals surface area contributed by atoms with Crippen molar-refractivity contribution in [2.45, 2.75) is 17.6 Å². The Morgan fingerprint density at radius 1 is 1.16 bits per heavy atom. The van der Waals surface area contributed by atoms with Crippen LogP contribution in [0, 0.1) is 5.82 Å². The lowest BCUT2D eigenvalue weighted by Crippen LogP contribution is -2.33. The number of fused-ring (bicyclic) bond motifs is 1. The van der Waals surface area contributed by atoms with Gasteiger partial charge in [0.1, 0.15) is 23.4 Å². The third-order valence-electron chi connectivity index (χ3n) is 4.25. The van der Waals surface area contributed by atoms with Crippen LogP contribution in [0.25, 0.3) is 10.9 Å². The van der Waals surface area contributed by atoms with E-state index in [1.54, 1.807) is 24.3 Å². The zero-order chi connectivity index (χ0) is 23.7. The summed E-state index contributed by atoms with van der Waals surface area (Å²) >= 11 is 5.78. The van der Waals surface area contributed by atoms with Crippen molar-refractivity contribution in [3.63, 3.8) is 0 Å². The molecule has 0 spiro atoms. The Morgan fingerprint density at radius 3 is 2.44 bits per heavy atom. The van der Waals surface area contributed by atoms with Crippen molar-refractivity contribution in [2.75, 3.05) is 6.54 Å². The van der Waals surface area contributed by atoms with E-state index < -0.39 is 56.0 Å². The summed E-state index contributed by atoms with van der Waals surface area (Å²) in [6.45, 7) is -1.82. The molecule has 0 bridgehead atoms. The number of nitrogens with one attached hydrogen (secondary N) is 2. The number of carbonyl (C=O) groups is 1. The average molecular weight is 492 g/mol. The van der Waals surface area contributed by atoms with Crippen molar-refractivity contribution in [3.8, 4) is 5.75 Å². The first-order valence-corrected chi connectivity index (χ1v) is 10.6. The first kappa shape index (κ1) is 23.7. The van der Waals surface area contributed by atoms with Gasteiger partial charge in [0.05, 0.1) is 4.90 Å². The van der Waals surface area contributed by atoms with Crippen LogP contribution < -0.4 is 10.0 Å². The quantitative estimate of drug-likeness (QED) is 0.457. The van der Waals surface area contributed by atoms with Crippen LogP contribution >= 0.6 is 11.6 Å². The molecule has 1 aromatic heterocycles. The van der Waals surface area contributed by atoms with Gasteiger partial charge >= 0.3 is 6.18 Å². The predicted octanol–water partition coefficient (Wildman–Crippen LogP) is 3.50. The molecule has 170 valence electrons. The molecule has 0 radical (unpaired) electrons. The SMILES string of the molecule is O=C(NCc1ccc(Cl)cc1)c1cnc2c(F)cc(S(=O)(=O)NCC(F)(F)F)cc2c1O. The van der Waals surface area contributed by atoms with E-state index in [1.165, 1.54) is 4.72 Å². The van der Waals surface area contributed by atoms with Crippen molar-refractivity contribution in [2.24, 2.45) is 0 Å². The molecule has 2 aromatic carbocycles. The highest BCUT2D eigenvalue weighted by atomic mass is 35.5. The fourth-order valence-electron chi connectivity index (χ4n) is 2.68. The number of benzene rings is 2. The highest BCUT2D eigenvalue weighted by Gasteiger charge is 2.30. The standard InChI is InChI=1S/C19H14ClF4N3O4S/c20-11-3-1-10(2-4-11)7-26-18(29)14-8-25-16-13(17(14)28)5-12(6-15(16)21)32(30,31)27-9-19(22,23)24/h1-6,8,27H,7,9H2,(H,25,28)(H,26,29). The highest BCUT2D eigenvalue weighted by Crippen LogP contribution is 2.31. The van der Waals surface area contributed by atoms with Crippen LogP contribution in [0.4, 0.5) is 17.6 Å². The second-order valence-corrected chi connectivity index (χ2v) is 8.77. The largest absolute Gasteiger partial charge is 0.506 e. The van der Waals surface area contributed by atoms with Gasteiger partial charge in [0.2, 0.25) is 10.0 Å². The summed E-state index contributed by atoms with van der Waals surface area (Å²) in [5.74, 6) is -2.79. The van der Waals surface area contributed by atoms with Gasteiger partial charge in [0, 0.05) is 23.2 Å². The van der Waals surface area contributed by atoms with Crippen LogP contribution in [0.15, 0.2) is 47.5 Å². The Balaban J connectivity index is 1.92. The molecule has 0 saturated carbocycles. The van der Waals surface area contributed by atoms with E-state index in [1.807, 2.05) is 0 Å². The lowest BCUT2D eigenvalue weighted by Gasteiger charge is -2.12. The third-order valence-corrected chi connectivity index (χ3v) is 5.89. The van der Waals surface area contributed by atoms with Gasteiger partial charge in [-0.05, 0) is 29.8 Å². The Labute approximate surface area is 184 Å².